The zero-order chi connectivity index (χ0) is 6.81. The SMILES string of the molecule is c1cn(CC2CNC2)nn1. The summed E-state index contributed by atoms with van der Waals surface area (Å²) >= 11 is 0. The van der Waals surface area contributed by atoms with Crippen molar-refractivity contribution in [3.05, 3.63) is 12.4 Å². The van der Waals surface area contributed by atoms with E-state index in [1.165, 1.54) is 0 Å². The van der Waals surface area contributed by atoms with Gasteiger partial charge in [-0.25, -0.2) is 0 Å². The van der Waals surface area contributed by atoms with Gasteiger partial charge in [0.15, 0.2) is 0 Å². The molecule has 0 amide bonds. The number of aromatic nitrogens is 3. The third-order valence-electron chi connectivity index (χ3n) is 1.78. The van der Waals surface area contributed by atoms with Gasteiger partial charge in [0.2, 0.25) is 0 Å². The summed E-state index contributed by atoms with van der Waals surface area (Å²) in [5, 5.41) is 10.8. The zero-order valence-electron chi connectivity index (χ0n) is 5.70. The van der Waals surface area contributed by atoms with E-state index in [0.717, 1.165) is 25.6 Å². The second-order valence-corrected chi connectivity index (χ2v) is 2.65. The topological polar surface area (TPSA) is 42.7 Å². The van der Waals surface area contributed by atoms with E-state index in [1.807, 2.05) is 10.9 Å². The minimum atomic E-state index is 0.765. The average Bonchev–Trinajstić information content (AvgIpc) is 2.29. The van der Waals surface area contributed by atoms with Crippen LogP contribution in [0.2, 0.25) is 0 Å². The predicted molar refractivity (Wildman–Crippen MR) is 36.4 cm³/mol. The average molecular weight is 138 g/mol. The van der Waals surface area contributed by atoms with E-state index < -0.39 is 0 Å². The fourth-order valence-corrected chi connectivity index (χ4v) is 1.07. The van der Waals surface area contributed by atoms with Crippen LogP contribution in [-0.2, 0) is 6.54 Å². The van der Waals surface area contributed by atoms with Gasteiger partial charge in [0.05, 0.1) is 6.20 Å². The molecule has 0 unspecified atom stereocenters. The first kappa shape index (κ1) is 5.85. The van der Waals surface area contributed by atoms with E-state index in [9.17, 15) is 0 Å². The van der Waals surface area contributed by atoms with Gasteiger partial charge in [-0.1, -0.05) is 5.21 Å². The van der Waals surface area contributed by atoms with E-state index in [-0.39, 0.29) is 0 Å². The van der Waals surface area contributed by atoms with Crippen molar-refractivity contribution in [1.29, 1.82) is 0 Å². The van der Waals surface area contributed by atoms with Crippen molar-refractivity contribution in [2.24, 2.45) is 5.92 Å². The van der Waals surface area contributed by atoms with Gasteiger partial charge in [-0.05, 0) is 0 Å². The first-order valence-corrected chi connectivity index (χ1v) is 3.50. The van der Waals surface area contributed by atoms with Crippen LogP contribution in [0.15, 0.2) is 12.4 Å². The fraction of sp³-hybridized carbons (Fsp3) is 0.667. The van der Waals surface area contributed by atoms with Gasteiger partial charge in [-0.2, -0.15) is 0 Å². The van der Waals surface area contributed by atoms with Gasteiger partial charge < -0.3 is 5.32 Å². The Bertz CT molecular complexity index is 190. The summed E-state index contributed by atoms with van der Waals surface area (Å²) < 4.78 is 1.88. The lowest BCUT2D eigenvalue weighted by Gasteiger charge is -2.26. The van der Waals surface area contributed by atoms with Crippen molar-refractivity contribution >= 4 is 0 Å². The van der Waals surface area contributed by atoms with Crippen LogP contribution in [0.4, 0.5) is 0 Å². The zero-order valence-corrected chi connectivity index (χ0v) is 5.70. The number of nitrogens with zero attached hydrogens (tertiary/aromatic N) is 3. The van der Waals surface area contributed by atoms with Crippen molar-refractivity contribution < 1.29 is 0 Å². The maximum absolute atomic E-state index is 3.88. The molecule has 0 spiro atoms. The normalized spacial score (nSPS) is 18.8. The van der Waals surface area contributed by atoms with Crippen LogP contribution < -0.4 is 5.32 Å². The Labute approximate surface area is 59.2 Å². The summed E-state index contributed by atoms with van der Waals surface area (Å²) in [5.41, 5.74) is 0. The largest absolute Gasteiger partial charge is 0.316 e. The Morgan fingerprint density at radius 3 is 3.00 bits per heavy atom. The standard InChI is InChI=1S/C6H10N4/c1-2-10(9-8-1)5-6-3-7-4-6/h1-2,6-7H,3-5H2. The van der Waals surface area contributed by atoms with Gasteiger partial charge >= 0.3 is 0 Å². The maximum Gasteiger partial charge on any atom is 0.0692 e. The summed E-state index contributed by atoms with van der Waals surface area (Å²) in [5.74, 6) is 0.765. The van der Waals surface area contributed by atoms with E-state index >= 15 is 0 Å². The molecule has 4 heteroatoms. The second kappa shape index (κ2) is 2.38. The highest BCUT2D eigenvalue weighted by Crippen LogP contribution is 2.04. The number of rotatable bonds is 2. The molecule has 0 aromatic carbocycles. The van der Waals surface area contributed by atoms with E-state index in [2.05, 4.69) is 15.6 Å². The number of hydrogen-bond acceptors (Lipinski definition) is 3. The molecule has 2 heterocycles. The van der Waals surface area contributed by atoms with Crippen LogP contribution in [-0.4, -0.2) is 28.1 Å². The Morgan fingerprint density at radius 2 is 2.50 bits per heavy atom. The molecule has 1 aromatic rings. The fourth-order valence-electron chi connectivity index (χ4n) is 1.07. The van der Waals surface area contributed by atoms with Crippen LogP contribution in [0, 0.1) is 5.92 Å². The van der Waals surface area contributed by atoms with Crippen LogP contribution >= 0.6 is 0 Å². The molecule has 0 atom stereocenters. The molecule has 1 aromatic heterocycles. The van der Waals surface area contributed by atoms with Crippen LogP contribution in [0.25, 0.3) is 0 Å². The molecule has 0 aliphatic carbocycles. The molecule has 1 fully saturated rings. The van der Waals surface area contributed by atoms with Crippen molar-refractivity contribution in [2.45, 2.75) is 6.54 Å². The van der Waals surface area contributed by atoms with Gasteiger partial charge in [0, 0.05) is 31.7 Å². The predicted octanol–water partition coefficient (Wildman–Crippen LogP) is -0.503. The molecule has 1 N–H and O–H groups in total. The molecule has 0 bridgehead atoms. The molecule has 1 saturated heterocycles. The van der Waals surface area contributed by atoms with Gasteiger partial charge in [0.25, 0.3) is 0 Å². The minimum Gasteiger partial charge on any atom is -0.316 e. The Balaban J connectivity index is 1.90. The molecule has 0 saturated carbocycles. The summed E-state index contributed by atoms with van der Waals surface area (Å²) in [7, 11) is 0. The molecular weight excluding hydrogens is 128 g/mol. The maximum atomic E-state index is 3.88. The molecule has 1 aliphatic rings. The summed E-state index contributed by atoms with van der Waals surface area (Å²) in [6.45, 7) is 3.26. The highest BCUT2D eigenvalue weighted by Gasteiger charge is 2.16. The van der Waals surface area contributed by atoms with Crippen molar-refractivity contribution in [3.63, 3.8) is 0 Å². The van der Waals surface area contributed by atoms with Crippen molar-refractivity contribution in [1.82, 2.24) is 20.3 Å². The Hall–Kier alpha value is -0.900. The number of hydrogen-bond donors (Lipinski definition) is 1. The summed E-state index contributed by atoms with van der Waals surface area (Å²) in [6, 6.07) is 0. The second-order valence-electron chi connectivity index (χ2n) is 2.65. The van der Waals surface area contributed by atoms with Gasteiger partial charge in [0.1, 0.15) is 0 Å². The lowest BCUT2D eigenvalue weighted by molar-refractivity contribution is 0.293. The molecular formula is C6H10N4. The summed E-state index contributed by atoms with van der Waals surface area (Å²) in [4.78, 5) is 0. The quantitative estimate of drug-likeness (QED) is 0.599. The third kappa shape index (κ3) is 1.02. The highest BCUT2D eigenvalue weighted by molar-refractivity contribution is 4.76. The van der Waals surface area contributed by atoms with Crippen LogP contribution in [0.5, 0.6) is 0 Å². The molecule has 54 valence electrons. The van der Waals surface area contributed by atoms with Crippen LogP contribution in [0.1, 0.15) is 0 Å². The smallest absolute Gasteiger partial charge is 0.0692 e. The monoisotopic (exact) mass is 138 g/mol. The van der Waals surface area contributed by atoms with E-state index in [1.54, 1.807) is 6.20 Å². The molecule has 4 nitrogen and oxygen atoms in total. The first-order chi connectivity index (χ1) is 4.95. The number of nitrogens with one attached hydrogen (secondary N) is 1. The third-order valence-corrected chi connectivity index (χ3v) is 1.78. The molecule has 2 rings (SSSR count). The van der Waals surface area contributed by atoms with Crippen molar-refractivity contribution in [2.75, 3.05) is 13.1 Å². The Morgan fingerprint density at radius 1 is 1.60 bits per heavy atom. The van der Waals surface area contributed by atoms with Gasteiger partial charge in [-0.3, -0.25) is 4.68 Å². The highest BCUT2D eigenvalue weighted by atomic mass is 15.4. The lowest BCUT2D eigenvalue weighted by Crippen LogP contribution is -2.44. The lowest BCUT2D eigenvalue weighted by atomic mass is 10.0. The van der Waals surface area contributed by atoms with E-state index in [4.69, 9.17) is 0 Å². The van der Waals surface area contributed by atoms with Gasteiger partial charge in [-0.15, -0.1) is 5.10 Å². The summed E-state index contributed by atoms with van der Waals surface area (Å²) in [6.07, 6.45) is 3.62. The first-order valence-electron chi connectivity index (χ1n) is 3.50. The molecule has 10 heavy (non-hydrogen) atoms. The van der Waals surface area contributed by atoms with Crippen molar-refractivity contribution in [3.8, 4) is 0 Å². The van der Waals surface area contributed by atoms with E-state index in [0.29, 0.717) is 0 Å². The Kier molecular flexibility index (Phi) is 1.39. The molecule has 1 aliphatic heterocycles. The molecule has 0 radical (unpaired) electrons. The van der Waals surface area contributed by atoms with Crippen LogP contribution in [0.3, 0.4) is 0 Å². The minimum absolute atomic E-state index is 0.765.